The van der Waals surface area contributed by atoms with Crippen molar-refractivity contribution in [1.82, 2.24) is 5.06 Å². The van der Waals surface area contributed by atoms with E-state index in [0.717, 1.165) is 13.1 Å². The van der Waals surface area contributed by atoms with Crippen LogP contribution in [0.3, 0.4) is 0 Å². The average Bonchev–Trinajstić information content (AvgIpc) is 1.75. The summed E-state index contributed by atoms with van der Waals surface area (Å²) in [4.78, 5) is 0. The van der Waals surface area contributed by atoms with Crippen LogP contribution in [0.25, 0.3) is 0 Å². The molecule has 1 fully saturated rings. The van der Waals surface area contributed by atoms with Gasteiger partial charge in [-0.2, -0.15) is 5.06 Å². The minimum atomic E-state index is 0. The Morgan fingerprint density at radius 1 is 1.40 bits per heavy atom. The summed E-state index contributed by atoms with van der Waals surface area (Å²) < 4.78 is 0. The first-order valence-corrected chi connectivity index (χ1v) is 1.33. The molecule has 0 radical (unpaired) electrons. The van der Waals surface area contributed by atoms with Gasteiger partial charge in [0.05, 0.1) is 0 Å². The third-order valence-electron chi connectivity index (χ3n) is 0.424. The first-order chi connectivity index (χ1) is 1.89. The fourth-order valence-corrected chi connectivity index (χ4v) is 0.0447. The van der Waals surface area contributed by atoms with Crippen LogP contribution in [0.1, 0.15) is 0 Å². The maximum absolute atomic E-state index is 8.00. The standard InChI is InChI=1S/C2H5NO.Po.2H/c4-3-1-2-3;;;/h4H,1-2H2;;;. The quantitative estimate of drug-likeness (QED) is 0.557. The predicted octanol–water partition coefficient (Wildman–Crippen LogP) is -1.23. The summed E-state index contributed by atoms with van der Waals surface area (Å²) in [5.41, 5.74) is 0. The van der Waals surface area contributed by atoms with E-state index in [1.165, 1.54) is 5.06 Å². The van der Waals surface area contributed by atoms with Crippen LogP contribution in [0.15, 0.2) is 0 Å². The summed E-state index contributed by atoms with van der Waals surface area (Å²) in [6, 6.07) is 0. The normalized spacial score (nSPS) is 21.0. The SMILES string of the molecule is ON1CC1.[PoH2]. The summed E-state index contributed by atoms with van der Waals surface area (Å²) in [7, 11) is 0. The Morgan fingerprint density at radius 2 is 1.60 bits per heavy atom. The van der Waals surface area contributed by atoms with Gasteiger partial charge in [-0.25, -0.2) is 0 Å². The molecule has 0 aromatic carbocycles. The molecule has 0 atom stereocenters. The van der Waals surface area contributed by atoms with Crippen LogP contribution in [0.5, 0.6) is 0 Å². The summed E-state index contributed by atoms with van der Waals surface area (Å²) in [6.45, 7) is 1.75. The zero-order chi connectivity index (χ0) is 2.99. The summed E-state index contributed by atoms with van der Waals surface area (Å²) in [6.07, 6.45) is 0. The van der Waals surface area contributed by atoms with E-state index in [-0.39, 0.29) is 26.6 Å². The zero-order valence-corrected chi connectivity index (χ0v) is 6.70. The molecule has 2 nitrogen and oxygen atoms in total. The molecule has 1 saturated heterocycles. The van der Waals surface area contributed by atoms with Crippen LogP contribution in [-0.2, 0) is 0 Å². The van der Waals surface area contributed by atoms with E-state index in [2.05, 4.69) is 0 Å². The van der Waals surface area contributed by atoms with Crippen molar-refractivity contribution >= 4 is 26.6 Å². The predicted molar refractivity (Wildman–Crippen MR) is 21.9 cm³/mol. The number of nitrogens with zero attached hydrogens (tertiary/aromatic N) is 1. The monoisotopic (exact) mass is 270 g/mol. The van der Waals surface area contributed by atoms with Gasteiger partial charge in [-0.15, -0.1) is 0 Å². The van der Waals surface area contributed by atoms with Crippen LogP contribution in [0, 0.1) is 0 Å². The second kappa shape index (κ2) is 2.07. The molecular formula is C2H7NOPo. The van der Waals surface area contributed by atoms with E-state index in [1.54, 1.807) is 0 Å². The molecule has 1 N–H and O–H groups in total. The van der Waals surface area contributed by atoms with E-state index in [1.807, 2.05) is 0 Å². The minimum absolute atomic E-state index is 0. The van der Waals surface area contributed by atoms with Crippen LogP contribution >= 0.6 is 0 Å². The third kappa shape index (κ3) is 2.62. The van der Waals surface area contributed by atoms with Gasteiger partial charge in [0.15, 0.2) is 0 Å². The molecule has 5 heavy (non-hydrogen) atoms. The fourth-order valence-electron chi connectivity index (χ4n) is 0.0447. The Kier molecular flexibility index (Phi) is 2.41. The Morgan fingerprint density at radius 3 is 1.60 bits per heavy atom. The van der Waals surface area contributed by atoms with Gasteiger partial charge < -0.3 is 5.21 Å². The van der Waals surface area contributed by atoms with Crippen LogP contribution in [0.4, 0.5) is 0 Å². The molecule has 0 unspecified atom stereocenters. The average molecular weight is 270 g/mol. The molecule has 0 aliphatic carbocycles. The molecule has 1 rings (SSSR count). The number of hydrogen-bond donors (Lipinski definition) is 1. The topological polar surface area (TPSA) is 23.2 Å². The molecule has 0 amide bonds. The second-order valence-electron chi connectivity index (χ2n) is 0.954. The molecule has 0 aromatic rings. The molecule has 3 heteroatoms. The van der Waals surface area contributed by atoms with Gasteiger partial charge in [-0.1, -0.05) is 0 Å². The van der Waals surface area contributed by atoms with Gasteiger partial charge in [-0.05, 0) is 0 Å². The van der Waals surface area contributed by atoms with Gasteiger partial charge in [0.25, 0.3) is 0 Å². The van der Waals surface area contributed by atoms with Crippen molar-refractivity contribution in [1.29, 1.82) is 0 Å². The molecular weight excluding hydrogens is 263 g/mol. The maximum atomic E-state index is 8.00. The van der Waals surface area contributed by atoms with Crippen LogP contribution < -0.4 is 0 Å². The van der Waals surface area contributed by atoms with Crippen molar-refractivity contribution in [2.45, 2.75) is 0 Å². The van der Waals surface area contributed by atoms with E-state index in [9.17, 15) is 0 Å². The first kappa shape index (κ1) is 5.82. The molecule has 32 valence electrons. The molecule has 0 spiro atoms. The van der Waals surface area contributed by atoms with Gasteiger partial charge in [0.1, 0.15) is 0 Å². The molecule has 1 heterocycles. The summed E-state index contributed by atoms with van der Waals surface area (Å²) >= 11 is 0. The van der Waals surface area contributed by atoms with E-state index >= 15 is 0 Å². The van der Waals surface area contributed by atoms with Gasteiger partial charge in [0.2, 0.25) is 0 Å². The van der Waals surface area contributed by atoms with Crippen LogP contribution in [-0.4, -0.2) is 49.9 Å². The van der Waals surface area contributed by atoms with E-state index in [4.69, 9.17) is 5.21 Å². The molecule has 1 aliphatic rings. The molecule has 1 aliphatic heterocycles. The van der Waals surface area contributed by atoms with Crippen molar-refractivity contribution in [2.75, 3.05) is 13.1 Å². The number of hydroxylamine groups is 2. The third-order valence-corrected chi connectivity index (χ3v) is 0.424. The molecule has 0 aromatic heterocycles. The fraction of sp³-hybridized carbons (Fsp3) is 1.00. The zero-order valence-electron chi connectivity index (χ0n) is 2.81. The Balaban J connectivity index is 0.000000160. The van der Waals surface area contributed by atoms with Gasteiger partial charge in [-0.3, -0.25) is 0 Å². The summed E-state index contributed by atoms with van der Waals surface area (Å²) in [5, 5.41) is 9.25. The van der Waals surface area contributed by atoms with Crippen molar-refractivity contribution in [3.8, 4) is 0 Å². The number of rotatable bonds is 0. The van der Waals surface area contributed by atoms with E-state index in [0.29, 0.717) is 0 Å². The number of hydrogen-bond acceptors (Lipinski definition) is 2. The second-order valence-corrected chi connectivity index (χ2v) is 0.954. The molecule has 0 bridgehead atoms. The van der Waals surface area contributed by atoms with Crippen molar-refractivity contribution in [3.63, 3.8) is 0 Å². The Hall–Kier alpha value is 0.816. The van der Waals surface area contributed by atoms with Crippen molar-refractivity contribution in [3.05, 3.63) is 0 Å². The van der Waals surface area contributed by atoms with Gasteiger partial charge in [0, 0.05) is 13.1 Å². The van der Waals surface area contributed by atoms with Crippen molar-refractivity contribution in [2.24, 2.45) is 0 Å². The Labute approximate surface area is 50.2 Å². The van der Waals surface area contributed by atoms with E-state index < -0.39 is 0 Å². The van der Waals surface area contributed by atoms with Crippen LogP contribution in [0.2, 0.25) is 0 Å². The van der Waals surface area contributed by atoms with Crippen molar-refractivity contribution < 1.29 is 5.21 Å². The Bertz CT molecular complexity index is 28.8. The first-order valence-electron chi connectivity index (χ1n) is 1.33. The summed E-state index contributed by atoms with van der Waals surface area (Å²) in [5.74, 6) is 0. The molecule has 0 saturated carbocycles. The van der Waals surface area contributed by atoms with Gasteiger partial charge >= 0.3 is 26.6 Å².